The van der Waals surface area contributed by atoms with Crippen LogP contribution in [0.5, 0.6) is 11.5 Å². The molecule has 7 nitrogen and oxygen atoms in total. The summed E-state index contributed by atoms with van der Waals surface area (Å²) in [6.45, 7) is 3.79. The first-order chi connectivity index (χ1) is 11.8. The molecule has 0 saturated carbocycles. The van der Waals surface area contributed by atoms with Gasteiger partial charge in [0.1, 0.15) is 5.82 Å². The van der Waals surface area contributed by atoms with Gasteiger partial charge < -0.3 is 24.8 Å². The van der Waals surface area contributed by atoms with Crippen molar-refractivity contribution in [2.24, 2.45) is 0 Å². The normalized spacial score (nSPS) is 18.6. The molecule has 0 aliphatic carbocycles. The predicted molar refractivity (Wildman–Crippen MR) is 90.1 cm³/mol. The molecule has 0 radical (unpaired) electrons. The van der Waals surface area contributed by atoms with E-state index < -0.39 is 0 Å². The maximum atomic E-state index is 5.61. The molecule has 4 rings (SSSR count). The van der Waals surface area contributed by atoms with Crippen LogP contribution in [-0.2, 0) is 4.74 Å². The number of hydrogen-bond acceptors (Lipinski definition) is 7. The molecule has 1 atom stereocenters. The minimum Gasteiger partial charge on any atom is -0.454 e. The van der Waals surface area contributed by atoms with E-state index in [2.05, 4.69) is 20.6 Å². The van der Waals surface area contributed by atoms with Gasteiger partial charge in [0.15, 0.2) is 11.5 Å². The Morgan fingerprint density at radius 3 is 2.96 bits per heavy atom. The van der Waals surface area contributed by atoms with Gasteiger partial charge in [-0.3, -0.25) is 0 Å². The van der Waals surface area contributed by atoms with E-state index in [1.54, 1.807) is 0 Å². The summed E-state index contributed by atoms with van der Waals surface area (Å²) in [5, 5.41) is 6.55. The number of nitrogens with zero attached hydrogens (tertiary/aromatic N) is 2. The Kier molecular flexibility index (Phi) is 4.08. The lowest BCUT2D eigenvalue weighted by Gasteiger charge is -2.13. The van der Waals surface area contributed by atoms with E-state index in [9.17, 15) is 0 Å². The first-order valence-electron chi connectivity index (χ1n) is 8.14. The van der Waals surface area contributed by atoms with Gasteiger partial charge >= 0.3 is 0 Å². The first-order valence-corrected chi connectivity index (χ1v) is 8.14. The summed E-state index contributed by atoms with van der Waals surface area (Å²) in [5.74, 6) is 2.84. The highest BCUT2D eigenvalue weighted by atomic mass is 16.7. The number of nitrogens with one attached hydrogen (secondary N) is 2. The molecule has 126 valence electrons. The Balaban J connectivity index is 1.46. The second kappa shape index (κ2) is 6.52. The highest BCUT2D eigenvalue weighted by molar-refractivity contribution is 5.62. The molecule has 1 unspecified atom stereocenters. The van der Waals surface area contributed by atoms with Crippen LogP contribution in [0.2, 0.25) is 0 Å². The molecule has 1 aromatic heterocycles. The average Bonchev–Trinajstić information content (AvgIpc) is 3.23. The number of fused-ring (bicyclic) bond motifs is 1. The van der Waals surface area contributed by atoms with E-state index in [-0.39, 0.29) is 12.9 Å². The summed E-state index contributed by atoms with van der Waals surface area (Å²) in [5.41, 5.74) is 1.78. The Labute approximate surface area is 140 Å². The zero-order chi connectivity index (χ0) is 16.4. The highest BCUT2D eigenvalue weighted by Crippen LogP contribution is 2.35. The predicted octanol–water partition coefficient (Wildman–Crippen LogP) is 2.85. The number of benzene rings is 1. The monoisotopic (exact) mass is 328 g/mol. The minimum atomic E-state index is 0.249. The van der Waals surface area contributed by atoms with Crippen LogP contribution in [0.3, 0.4) is 0 Å². The average molecular weight is 328 g/mol. The number of ether oxygens (including phenoxy) is 3. The fourth-order valence-corrected chi connectivity index (χ4v) is 2.84. The Bertz CT molecular complexity index is 732. The molecular weight excluding hydrogens is 308 g/mol. The molecule has 0 amide bonds. The van der Waals surface area contributed by atoms with Gasteiger partial charge in [-0.2, -0.15) is 4.98 Å². The van der Waals surface area contributed by atoms with Gasteiger partial charge in [0, 0.05) is 36.7 Å². The van der Waals surface area contributed by atoms with Crippen molar-refractivity contribution in [1.29, 1.82) is 0 Å². The van der Waals surface area contributed by atoms with Crippen LogP contribution in [0.1, 0.15) is 18.5 Å². The number of aryl methyl sites for hydroxylation is 1. The second-order valence-electron chi connectivity index (χ2n) is 5.93. The molecule has 0 spiro atoms. The van der Waals surface area contributed by atoms with E-state index >= 15 is 0 Å². The van der Waals surface area contributed by atoms with E-state index in [1.165, 1.54) is 0 Å². The largest absolute Gasteiger partial charge is 0.454 e. The molecule has 2 aromatic rings. The smallest absolute Gasteiger partial charge is 0.231 e. The molecule has 2 N–H and O–H groups in total. The Morgan fingerprint density at radius 1 is 1.17 bits per heavy atom. The van der Waals surface area contributed by atoms with Crippen molar-refractivity contribution in [3.63, 3.8) is 0 Å². The molecule has 2 aliphatic heterocycles. The van der Waals surface area contributed by atoms with Crippen molar-refractivity contribution < 1.29 is 14.2 Å². The zero-order valence-corrected chi connectivity index (χ0v) is 13.5. The van der Waals surface area contributed by atoms with Gasteiger partial charge in [-0.15, -0.1) is 0 Å². The third-order valence-corrected chi connectivity index (χ3v) is 4.01. The van der Waals surface area contributed by atoms with Gasteiger partial charge in [-0.25, -0.2) is 4.98 Å². The quantitative estimate of drug-likeness (QED) is 0.874. The molecule has 2 aliphatic rings. The number of rotatable bonds is 5. The third kappa shape index (κ3) is 3.35. The van der Waals surface area contributed by atoms with Gasteiger partial charge in [-0.05, 0) is 31.9 Å². The highest BCUT2D eigenvalue weighted by Gasteiger charge is 2.16. The van der Waals surface area contributed by atoms with E-state index in [4.69, 9.17) is 14.2 Å². The maximum Gasteiger partial charge on any atom is 0.231 e. The van der Waals surface area contributed by atoms with E-state index in [0.29, 0.717) is 5.95 Å². The second-order valence-corrected chi connectivity index (χ2v) is 5.93. The number of aromatic nitrogens is 2. The van der Waals surface area contributed by atoms with Crippen LogP contribution in [-0.4, -0.2) is 36.0 Å². The number of anilines is 3. The summed E-state index contributed by atoms with van der Waals surface area (Å²) in [4.78, 5) is 8.95. The summed E-state index contributed by atoms with van der Waals surface area (Å²) in [6.07, 6.45) is 2.46. The topological polar surface area (TPSA) is 77.5 Å². The fourth-order valence-electron chi connectivity index (χ4n) is 2.84. The SMILES string of the molecule is Cc1cc(Nc2ccc3c(c2)OCO3)nc(NCC2CCCO2)n1. The lowest BCUT2D eigenvalue weighted by atomic mass is 10.2. The van der Waals surface area contributed by atoms with Crippen LogP contribution >= 0.6 is 0 Å². The van der Waals surface area contributed by atoms with Crippen LogP contribution in [0.4, 0.5) is 17.5 Å². The molecule has 3 heterocycles. The summed E-state index contributed by atoms with van der Waals surface area (Å²) < 4.78 is 16.3. The zero-order valence-electron chi connectivity index (χ0n) is 13.5. The van der Waals surface area contributed by atoms with Crippen molar-refractivity contribution >= 4 is 17.5 Å². The van der Waals surface area contributed by atoms with Gasteiger partial charge in [0.25, 0.3) is 0 Å². The maximum absolute atomic E-state index is 5.61. The van der Waals surface area contributed by atoms with Crippen molar-refractivity contribution in [2.75, 3.05) is 30.6 Å². The molecular formula is C17H20N4O3. The Hall–Kier alpha value is -2.54. The van der Waals surface area contributed by atoms with Crippen LogP contribution in [0.25, 0.3) is 0 Å². The Morgan fingerprint density at radius 2 is 2.08 bits per heavy atom. The molecule has 7 heteroatoms. The summed E-state index contributed by atoms with van der Waals surface area (Å²) in [7, 11) is 0. The lowest BCUT2D eigenvalue weighted by molar-refractivity contribution is 0.120. The van der Waals surface area contributed by atoms with Crippen molar-refractivity contribution in [2.45, 2.75) is 25.9 Å². The molecule has 1 aromatic carbocycles. The summed E-state index contributed by atoms with van der Waals surface area (Å²) in [6, 6.07) is 7.63. The van der Waals surface area contributed by atoms with Gasteiger partial charge in [0.2, 0.25) is 12.7 Å². The lowest BCUT2D eigenvalue weighted by Crippen LogP contribution is -2.20. The van der Waals surface area contributed by atoms with Gasteiger partial charge in [-0.1, -0.05) is 0 Å². The van der Waals surface area contributed by atoms with Crippen molar-refractivity contribution in [3.8, 4) is 11.5 Å². The molecule has 0 bridgehead atoms. The minimum absolute atomic E-state index is 0.249. The molecule has 24 heavy (non-hydrogen) atoms. The van der Waals surface area contributed by atoms with Gasteiger partial charge in [0.05, 0.1) is 6.10 Å². The van der Waals surface area contributed by atoms with Crippen LogP contribution in [0, 0.1) is 6.92 Å². The van der Waals surface area contributed by atoms with Crippen molar-refractivity contribution in [1.82, 2.24) is 9.97 Å². The van der Waals surface area contributed by atoms with Crippen LogP contribution < -0.4 is 20.1 Å². The van der Waals surface area contributed by atoms with E-state index in [0.717, 1.165) is 54.7 Å². The molecule has 1 fully saturated rings. The van der Waals surface area contributed by atoms with E-state index in [1.807, 2.05) is 31.2 Å². The fraction of sp³-hybridized carbons (Fsp3) is 0.412. The molecule has 1 saturated heterocycles. The van der Waals surface area contributed by atoms with Crippen molar-refractivity contribution in [3.05, 3.63) is 30.0 Å². The standard InChI is InChI=1S/C17H20N4O3/c1-11-7-16(20-12-4-5-14-15(8-12)24-10-23-14)21-17(19-11)18-9-13-3-2-6-22-13/h4-5,7-8,13H,2-3,6,9-10H2,1H3,(H2,18,19,20,21). The number of hydrogen-bond donors (Lipinski definition) is 2. The third-order valence-electron chi connectivity index (χ3n) is 4.01. The summed E-state index contributed by atoms with van der Waals surface area (Å²) >= 11 is 0. The van der Waals surface area contributed by atoms with Crippen LogP contribution in [0.15, 0.2) is 24.3 Å². The first kappa shape index (κ1) is 15.0.